The fraction of sp³-hybridized carbons (Fsp3) is 0.273. The summed E-state index contributed by atoms with van der Waals surface area (Å²) in [6.45, 7) is 0.493. The zero-order valence-corrected chi connectivity index (χ0v) is 9.65. The van der Waals surface area contributed by atoms with Crippen molar-refractivity contribution >= 4 is 29.2 Å². The zero-order valence-electron chi connectivity index (χ0n) is 8.89. The summed E-state index contributed by atoms with van der Waals surface area (Å²) < 4.78 is 0. The monoisotopic (exact) mass is 254 g/mol. The molecule has 0 radical (unpaired) electrons. The van der Waals surface area contributed by atoms with Gasteiger partial charge in [-0.3, -0.25) is 9.59 Å². The Balaban J connectivity index is 2.06. The van der Waals surface area contributed by atoms with Crippen LogP contribution in [0.15, 0.2) is 18.2 Å². The molecule has 0 spiro atoms. The van der Waals surface area contributed by atoms with Crippen molar-refractivity contribution in [3.05, 3.63) is 28.8 Å². The SMILES string of the molecule is Nc1cc(C(=O)N2CC(C(=O)O)C2)ccc1Cl. The van der Waals surface area contributed by atoms with Crippen LogP contribution in [0.3, 0.4) is 0 Å². The quantitative estimate of drug-likeness (QED) is 0.774. The summed E-state index contributed by atoms with van der Waals surface area (Å²) >= 11 is 5.75. The first-order chi connectivity index (χ1) is 7.99. The van der Waals surface area contributed by atoms with E-state index in [9.17, 15) is 9.59 Å². The van der Waals surface area contributed by atoms with Crippen LogP contribution in [0.2, 0.25) is 5.02 Å². The highest BCUT2D eigenvalue weighted by Crippen LogP contribution is 2.23. The van der Waals surface area contributed by atoms with Gasteiger partial charge in [0.1, 0.15) is 0 Å². The van der Waals surface area contributed by atoms with Gasteiger partial charge in [0.05, 0.1) is 16.6 Å². The second-order valence-electron chi connectivity index (χ2n) is 3.98. The van der Waals surface area contributed by atoms with Gasteiger partial charge in [-0.1, -0.05) is 11.6 Å². The predicted molar refractivity (Wildman–Crippen MR) is 62.9 cm³/mol. The Hall–Kier alpha value is -1.75. The summed E-state index contributed by atoms with van der Waals surface area (Å²) in [7, 11) is 0. The number of halogens is 1. The fourth-order valence-corrected chi connectivity index (χ4v) is 1.78. The molecular weight excluding hydrogens is 244 g/mol. The number of amides is 1. The Morgan fingerprint density at radius 2 is 2.06 bits per heavy atom. The number of rotatable bonds is 2. The van der Waals surface area contributed by atoms with Crippen LogP contribution < -0.4 is 5.73 Å². The molecule has 1 aromatic rings. The Bertz CT molecular complexity index is 484. The van der Waals surface area contributed by atoms with Crippen LogP contribution in [-0.4, -0.2) is 35.0 Å². The average Bonchev–Trinajstić information content (AvgIpc) is 2.19. The maximum atomic E-state index is 11.9. The van der Waals surface area contributed by atoms with Gasteiger partial charge in [-0.2, -0.15) is 0 Å². The number of aliphatic carboxylic acids is 1. The van der Waals surface area contributed by atoms with E-state index in [2.05, 4.69) is 0 Å². The standard InChI is InChI=1S/C11H11ClN2O3/c12-8-2-1-6(3-9(8)13)10(15)14-4-7(5-14)11(16)17/h1-3,7H,4-5,13H2,(H,16,17). The normalized spacial score (nSPS) is 15.5. The molecule has 6 heteroatoms. The molecule has 1 saturated heterocycles. The number of carbonyl (C=O) groups is 2. The molecule has 90 valence electrons. The minimum absolute atomic E-state index is 0.217. The van der Waals surface area contributed by atoms with Gasteiger partial charge in [0, 0.05) is 18.7 Å². The summed E-state index contributed by atoms with van der Waals surface area (Å²) in [6.07, 6.45) is 0. The van der Waals surface area contributed by atoms with E-state index in [4.69, 9.17) is 22.4 Å². The van der Waals surface area contributed by atoms with Gasteiger partial charge in [0.15, 0.2) is 0 Å². The van der Waals surface area contributed by atoms with Gasteiger partial charge in [-0.15, -0.1) is 0 Å². The molecule has 0 saturated carbocycles. The Labute approximate surface area is 103 Å². The lowest BCUT2D eigenvalue weighted by Crippen LogP contribution is -2.53. The molecule has 3 N–H and O–H groups in total. The molecule has 2 rings (SSSR count). The van der Waals surface area contributed by atoms with Crippen LogP contribution in [0.1, 0.15) is 10.4 Å². The minimum Gasteiger partial charge on any atom is -0.481 e. The molecule has 1 aliphatic heterocycles. The van der Waals surface area contributed by atoms with Crippen LogP contribution >= 0.6 is 11.6 Å². The molecule has 0 aromatic heterocycles. The summed E-state index contributed by atoms with van der Waals surface area (Å²) in [5, 5.41) is 9.11. The Morgan fingerprint density at radius 1 is 1.41 bits per heavy atom. The Morgan fingerprint density at radius 3 is 2.59 bits per heavy atom. The number of carboxylic acids is 1. The number of hydrogen-bond acceptors (Lipinski definition) is 3. The third kappa shape index (κ3) is 2.19. The second kappa shape index (κ2) is 4.25. The van der Waals surface area contributed by atoms with Gasteiger partial charge >= 0.3 is 5.97 Å². The van der Waals surface area contributed by atoms with E-state index in [1.165, 1.54) is 11.0 Å². The van der Waals surface area contributed by atoms with Crippen molar-refractivity contribution < 1.29 is 14.7 Å². The number of likely N-dealkylation sites (tertiary alicyclic amines) is 1. The van der Waals surface area contributed by atoms with Gasteiger partial charge in [-0.05, 0) is 18.2 Å². The molecule has 0 unspecified atom stereocenters. The molecule has 0 aliphatic carbocycles. The van der Waals surface area contributed by atoms with E-state index in [0.29, 0.717) is 16.3 Å². The van der Waals surface area contributed by atoms with Gasteiger partial charge in [0.25, 0.3) is 5.91 Å². The molecule has 0 atom stereocenters. The number of anilines is 1. The van der Waals surface area contributed by atoms with Gasteiger partial charge in [-0.25, -0.2) is 0 Å². The van der Waals surface area contributed by atoms with E-state index in [1.54, 1.807) is 12.1 Å². The molecule has 0 bridgehead atoms. The molecule has 1 heterocycles. The molecular formula is C11H11ClN2O3. The first kappa shape index (κ1) is 11.7. The van der Waals surface area contributed by atoms with E-state index in [0.717, 1.165) is 0 Å². The third-order valence-electron chi connectivity index (χ3n) is 2.76. The smallest absolute Gasteiger partial charge is 0.310 e. The highest BCUT2D eigenvalue weighted by molar-refractivity contribution is 6.33. The summed E-state index contributed by atoms with van der Waals surface area (Å²) in [6, 6.07) is 4.63. The van der Waals surface area contributed by atoms with Crippen LogP contribution in [-0.2, 0) is 4.79 Å². The Kier molecular flexibility index (Phi) is 2.93. The maximum absolute atomic E-state index is 11.9. The number of nitrogens with zero attached hydrogens (tertiary/aromatic N) is 1. The number of carbonyl (C=O) groups excluding carboxylic acids is 1. The molecule has 1 aromatic carbocycles. The summed E-state index contributed by atoms with van der Waals surface area (Å²) in [4.78, 5) is 24.0. The van der Waals surface area contributed by atoms with Crippen LogP contribution in [0.4, 0.5) is 5.69 Å². The molecule has 5 nitrogen and oxygen atoms in total. The largest absolute Gasteiger partial charge is 0.481 e. The number of nitrogen functional groups attached to an aromatic ring is 1. The maximum Gasteiger partial charge on any atom is 0.310 e. The topological polar surface area (TPSA) is 83.6 Å². The predicted octanol–water partition coefficient (Wildman–Crippen LogP) is 1.08. The summed E-state index contributed by atoms with van der Waals surface area (Å²) in [5.41, 5.74) is 6.36. The first-order valence-corrected chi connectivity index (χ1v) is 5.44. The summed E-state index contributed by atoms with van der Waals surface area (Å²) in [5.74, 6) is -1.54. The van der Waals surface area contributed by atoms with E-state index >= 15 is 0 Å². The zero-order chi connectivity index (χ0) is 12.6. The number of carboxylic acid groups (broad SMARTS) is 1. The second-order valence-corrected chi connectivity index (χ2v) is 4.39. The van der Waals surface area contributed by atoms with Crippen LogP contribution in [0, 0.1) is 5.92 Å². The van der Waals surface area contributed by atoms with Crippen molar-refractivity contribution in [1.29, 1.82) is 0 Å². The van der Waals surface area contributed by atoms with Crippen molar-refractivity contribution in [3.8, 4) is 0 Å². The van der Waals surface area contributed by atoms with Crippen molar-refractivity contribution in [3.63, 3.8) is 0 Å². The first-order valence-electron chi connectivity index (χ1n) is 5.06. The number of benzene rings is 1. The fourth-order valence-electron chi connectivity index (χ4n) is 1.66. The molecule has 1 amide bonds. The lowest BCUT2D eigenvalue weighted by molar-refractivity contribution is -0.146. The average molecular weight is 255 g/mol. The van der Waals surface area contributed by atoms with Crippen molar-refractivity contribution in [1.82, 2.24) is 4.90 Å². The van der Waals surface area contributed by atoms with Crippen LogP contribution in [0.25, 0.3) is 0 Å². The highest BCUT2D eigenvalue weighted by atomic mass is 35.5. The molecule has 1 aliphatic rings. The lowest BCUT2D eigenvalue weighted by Gasteiger charge is -2.36. The van der Waals surface area contributed by atoms with Crippen LogP contribution in [0.5, 0.6) is 0 Å². The van der Waals surface area contributed by atoms with E-state index < -0.39 is 11.9 Å². The van der Waals surface area contributed by atoms with E-state index in [1.807, 2.05) is 0 Å². The minimum atomic E-state index is -0.871. The molecule has 17 heavy (non-hydrogen) atoms. The van der Waals surface area contributed by atoms with E-state index in [-0.39, 0.29) is 19.0 Å². The van der Waals surface area contributed by atoms with Crippen molar-refractivity contribution in [2.45, 2.75) is 0 Å². The van der Waals surface area contributed by atoms with Crippen molar-refractivity contribution in [2.75, 3.05) is 18.8 Å². The molecule has 1 fully saturated rings. The van der Waals surface area contributed by atoms with Crippen molar-refractivity contribution in [2.24, 2.45) is 5.92 Å². The third-order valence-corrected chi connectivity index (χ3v) is 3.11. The van der Waals surface area contributed by atoms with Gasteiger partial charge in [0.2, 0.25) is 0 Å². The number of nitrogens with two attached hydrogens (primary N) is 1. The number of hydrogen-bond donors (Lipinski definition) is 2. The lowest BCUT2D eigenvalue weighted by atomic mass is 9.99. The van der Waals surface area contributed by atoms with Gasteiger partial charge < -0.3 is 15.7 Å². The highest BCUT2D eigenvalue weighted by Gasteiger charge is 2.35.